The van der Waals surface area contributed by atoms with Crippen LogP contribution < -0.4 is 5.73 Å². The van der Waals surface area contributed by atoms with E-state index >= 15 is 0 Å². The summed E-state index contributed by atoms with van der Waals surface area (Å²) in [5, 5.41) is 1.34. The Morgan fingerprint density at radius 2 is 2.29 bits per heavy atom. The number of hydrogen-bond acceptors (Lipinski definition) is 2. The smallest absolute Gasteiger partial charge is 0.221 e. The fraction of sp³-hybridized carbons (Fsp3) is 0.438. The van der Waals surface area contributed by atoms with Gasteiger partial charge in [-0.2, -0.15) is 0 Å². The molecule has 0 radical (unpaired) electrons. The molecular weight excluding hydrogens is 330 g/mol. The molecule has 4 rings (SSSR count). The van der Waals surface area contributed by atoms with E-state index in [1.54, 1.807) is 0 Å². The van der Waals surface area contributed by atoms with Crippen LogP contribution in [0.2, 0.25) is 0 Å². The number of carbonyl (C=O) groups is 1. The van der Waals surface area contributed by atoms with E-state index in [2.05, 4.69) is 51.1 Å². The van der Waals surface area contributed by atoms with Crippen molar-refractivity contribution in [3.63, 3.8) is 0 Å². The third kappa shape index (κ3) is 1.87. The van der Waals surface area contributed by atoms with Crippen molar-refractivity contribution in [2.75, 3.05) is 13.6 Å². The number of nitrogens with two attached hydrogens (primary N) is 1. The molecule has 5 heteroatoms. The number of aromatic nitrogens is 1. The first-order valence-corrected chi connectivity index (χ1v) is 8.14. The van der Waals surface area contributed by atoms with Gasteiger partial charge in [0.1, 0.15) is 0 Å². The maximum absolute atomic E-state index is 11.6. The van der Waals surface area contributed by atoms with Crippen molar-refractivity contribution in [2.45, 2.75) is 24.8 Å². The topological polar surface area (TPSA) is 62.1 Å². The number of fused-ring (bicyclic) bond motifs is 2. The summed E-state index contributed by atoms with van der Waals surface area (Å²) in [6.45, 7) is 0.768. The van der Waals surface area contributed by atoms with Gasteiger partial charge < -0.3 is 15.6 Å². The van der Waals surface area contributed by atoms with E-state index in [4.69, 9.17) is 5.73 Å². The van der Waals surface area contributed by atoms with Gasteiger partial charge in [0.25, 0.3) is 0 Å². The molecule has 3 N–H and O–H groups in total. The van der Waals surface area contributed by atoms with Crippen LogP contribution in [0.3, 0.4) is 0 Å². The minimum atomic E-state index is -0.173. The number of likely N-dealkylation sites (tertiary alicyclic amines) is 1. The molecule has 1 fully saturated rings. The van der Waals surface area contributed by atoms with E-state index < -0.39 is 0 Å². The van der Waals surface area contributed by atoms with Crippen LogP contribution in [0.25, 0.3) is 10.9 Å². The number of rotatable bonds is 1. The van der Waals surface area contributed by atoms with Crippen molar-refractivity contribution in [2.24, 2.45) is 11.7 Å². The lowest BCUT2D eigenvalue weighted by Gasteiger charge is -2.44. The number of H-pyrrole nitrogens is 1. The molecule has 2 heterocycles. The molecule has 1 saturated heterocycles. The van der Waals surface area contributed by atoms with Crippen LogP contribution in [0.15, 0.2) is 22.8 Å². The normalized spacial score (nSPS) is 28.6. The first-order valence-electron chi connectivity index (χ1n) is 7.34. The minimum Gasteiger partial charge on any atom is -0.369 e. The van der Waals surface area contributed by atoms with Gasteiger partial charge in [-0.05, 0) is 53.0 Å². The zero-order chi connectivity index (χ0) is 14.7. The van der Waals surface area contributed by atoms with E-state index in [0.717, 1.165) is 24.0 Å². The van der Waals surface area contributed by atoms with Crippen LogP contribution in [0.5, 0.6) is 0 Å². The number of hydrogen-bond donors (Lipinski definition) is 2. The first-order chi connectivity index (χ1) is 10.1. The summed E-state index contributed by atoms with van der Waals surface area (Å²) in [5.41, 5.74) is 9.47. The average molecular weight is 348 g/mol. The molecule has 0 bridgehead atoms. The molecule has 1 aliphatic heterocycles. The molecule has 2 aliphatic rings. The van der Waals surface area contributed by atoms with Crippen molar-refractivity contribution in [3.05, 3.63) is 33.9 Å². The third-order valence-corrected chi connectivity index (χ3v) is 5.88. The van der Waals surface area contributed by atoms with Crippen LogP contribution in [0, 0.1) is 5.92 Å². The fourth-order valence-corrected chi connectivity index (χ4v) is 4.76. The van der Waals surface area contributed by atoms with Crippen molar-refractivity contribution in [1.29, 1.82) is 0 Å². The van der Waals surface area contributed by atoms with Crippen molar-refractivity contribution in [3.8, 4) is 0 Å². The van der Waals surface area contributed by atoms with Gasteiger partial charge in [-0.15, -0.1) is 0 Å². The monoisotopic (exact) mass is 347 g/mol. The summed E-state index contributed by atoms with van der Waals surface area (Å²) in [7, 11) is 2.11. The number of nitrogens with zero attached hydrogens (tertiary/aromatic N) is 1. The number of nitrogens with one attached hydrogen (secondary N) is 1. The lowest BCUT2D eigenvalue weighted by Crippen LogP contribution is -2.50. The van der Waals surface area contributed by atoms with Gasteiger partial charge in [0.15, 0.2) is 0 Å². The maximum atomic E-state index is 11.6. The molecule has 110 valence electrons. The van der Waals surface area contributed by atoms with Gasteiger partial charge >= 0.3 is 0 Å². The van der Waals surface area contributed by atoms with Gasteiger partial charge in [-0.1, -0.05) is 12.1 Å². The van der Waals surface area contributed by atoms with Gasteiger partial charge in [-0.25, -0.2) is 0 Å². The van der Waals surface area contributed by atoms with E-state index in [-0.39, 0.29) is 11.8 Å². The van der Waals surface area contributed by atoms with E-state index in [1.165, 1.54) is 22.0 Å². The molecule has 21 heavy (non-hydrogen) atoms. The number of likely N-dealkylation sites (N-methyl/N-ethyl adjacent to an activating group) is 1. The molecule has 1 aliphatic carbocycles. The lowest BCUT2D eigenvalue weighted by atomic mass is 9.72. The first kappa shape index (κ1) is 13.3. The second-order valence-electron chi connectivity index (χ2n) is 6.34. The number of halogens is 1. The summed E-state index contributed by atoms with van der Waals surface area (Å²) in [5.74, 6) is 0.170. The van der Waals surface area contributed by atoms with Crippen LogP contribution in [-0.2, 0) is 11.2 Å². The highest BCUT2D eigenvalue weighted by atomic mass is 79.9. The van der Waals surface area contributed by atoms with E-state index in [1.807, 2.05) is 0 Å². The summed E-state index contributed by atoms with van der Waals surface area (Å²) >= 11 is 3.66. The SMILES string of the molecule is CN1CC(C(N)=O)CC2c3cccc4[nH]c(Br)c(c34)CC21. The Labute approximate surface area is 131 Å². The Balaban J connectivity index is 1.88. The maximum Gasteiger partial charge on any atom is 0.221 e. The Bertz CT molecular complexity index is 738. The number of amides is 1. The minimum absolute atomic E-state index is 0.0459. The zero-order valence-corrected chi connectivity index (χ0v) is 13.5. The van der Waals surface area contributed by atoms with Gasteiger partial charge in [0.05, 0.1) is 10.5 Å². The number of primary amides is 1. The quantitative estimate of drug-likeness (QED) is 0.831. The Morgan fingerprint density at radius 1 is 1.48 bits per heavy atom. The lowest BCUT2D eigenvalue weighted by molar-refractivity contribution is -0.124. The molecular formula is C16H18BrN3O. The number of aromatic amines is 1. The third-order valence-electron chi connectivity index (χ3n) is 5.20. The van der Waals surface area contributed by atoms with Gasteiger partial charge in [-0.3, -0.25) is 4.79 Å². The van der Waals surface area contributed by atoms with Gasteiger partial charge in [0, 0.05) is 29.4 Å². The molecule has 0 spiro atoms. The highest BCUT2D eigenvalue weighted by Gasteiger charge is 2.41. The van der Waals surface area contributed by atoms with E-state index in [9.17, 15) is 4.79 Å². The Hall–Kier alpha value is -1.33. The van der Waals surface area contributed by atoms with Crippen LogP contribution in [0.4, 0.5) is 0 Å². The number of piperidine rings is 1. The second-order valence-corrected chi connectivity index (χ2v) is 7.13. The summed E-state index contributed by atoms with van der Waals surface area (Å²) in [6, 6.07) is 6.87. The highest BCUT2D eigenvalue weighted by Crippen LogP contribution is 2.46. The van der Waals surface area contributed by atoms with Crippen LogP contribution in [0.1, 0.15) is 23.5 Å². The predicted octanol–water partition coefficient (Wildman–Crippen LogP) is 2.38. The standard InChI is InChI=1S/C16H18BrN3O/c1-20-7-8(16(18)21)5-10-9-3-2-4-12-14(9)11(6-13(10)20)15(17)19-12/h2-4,8,10,13,19H,5-7H2,1H3,(H2,18,21). The van der Waals surface area contributed by atoms with Crippen molar-refractivity contribution >= 4 is 32.7 Å². The van der Waals surface area contributed by atoms with Crippen LogP contribution in [-0.4, -0.2) is 35.4 Å². The average Bonchev–Trinajstić information content (AvgIpc) is 2.77. The molecule has 0 saturated carbocycles. The summed E-state index contributed by atoms with van der Waals surface area (Å²) < 4.78 is 1.09. The molecule has 1 amide bonds. The molecule has 3 atom stereocenters. The Kier molecular flexibility index (Phi) is 2.91. The second kappa shape index (κ2) is 4.58. The Morgan fingerprint density at radius 3 is 3.05 bits per heavy atom. The summed E-state index contributed by atoms with van der Waals surface area (Å²) in [4.78, 5) is 17.4. The fourth-order valence-electron chi connectivity index (χ4n) is 4.19. The highest BCUT2D eigenvalue weighted by molar-refractivity contribution is 9.10. The molecule has 3 unspecified atom stereocenters. The number of carbonyl (C=O) groups excluding carboxylic acids is 1. The van der Waals surface area contributed by atoms with Gasteiger partial charge in [0.2, 0.25) is 5.91 Å². The van der Waals surface area contributed by atoms with Crippen LogP contribution >= 0.6 is 15.9 Å². The van der Waals surface area contributed by atoms with E-state index in [0.29, 0.717) is 12.0 Å². The van der Waals surface area contributed by atoms with Crippen molar-refractivity contribution < 1.29 is 4.79 Å². The number of benzene rings is 1. The summed E-state index contributed by atoms with van der Waals surface area (Å²) in [6.07, 6.45) is 1.88. The molecule has 1 aromatic carbocycles. The molecule has 4 nitrogen and oxygen atoms in total. The predicted molar refractivity (Wildman–Crippen MR) is 86.2 cm³/mol. The molecule has 1 aromatic heterocycles. The molecule has 2 aromatic rings. The zero-order valence-electron chi connectivity index (χ0n) is 11.9. The van der Waals surface area contributed by atoms with Crippen molar-refractivity contribution in [1.82, 2.24) is 9.88 Å². The largest absolute Gasteiger partial charge is 0.369 e.